The molecule has 0 aromatic heterocycles. The summed E-state index contributed by atoms with van der Waals surface area (Å²) in [5.41, 5.74) is 0.234. The number of hydrogen-bond acceptors (Lipinski definition) is 4. The first kappa shape index (κ1) is 14.5. The normalized spacial score (nSPS) is 24.2. The SMILES string of the molecule is N#Cc1ccccc1S(=O)(=O)NC1CCC12CCOCC2. The Morgan fingerprint density at radius 2 is 1.95 bits per heavy atom. The number of nitrogens with zero attached hydrogens (tertiary/aromatic N) is 1. The molecule has 1 N–H and O–H groups in total. The number of rotatable bonds is 3. The molecule has 1 atom stereocenters. The lowest BCUT2D eigenvalue weighted by molar-refractivity contribution is -0.0483. The molecule has 1 spiro atoms. The van der Waals surface area contributed by atoms with Crippen molar-refractivity contribution in [1.29, 1.82) is 5.26 Å². The highest BCUT2D eigenvalue weighted by Crippen LogP contribution is 2.49. The summed E-state index contributed by atoms with van der Waals surface area (Å²) >= 11 is 0. The minimum absolute atomic E-state index is 0.0434. The summed E-state index contributed by atoms with van der Waals surface area (Å²) in [5, 5.41) is 9.07. The van der Waals surface area contributed by atoms with Crippen molar-refractivity contribution in [3.63, 3.8) is 0 Å². The Hall–Kier alpha value is -1.42. The topological polar surface area (TPSA) is 79.2 Å². The highest BCUT2D eigenvalue weighted by atomic mass is 32.2. The van der Waals surface area contributed by atoms with Gasteiger partial charge in [-0.15, -0.1) is 0 Å². The second-order valence-corrected chi connectivity index (χ2v) is 7.48. The molecular formula is C15H18N2O3S. The standard InChI is InChI=1S/C15H18N2O3S/c16-11-12-3-1-2-4-13(12)21(18,19)17-14-5-6-15(14)7-9-20-10-8-15/h1-4,14,17H,5-10H2. The van der Waals surface area contributed by atoms with E-state index in [-0.39, 0.29) is 21.9 Å². The lowest BCUT2D eigenvalue weighted by atomic mass is 9.60. The Kier molecular flexibility index (Phi) is 3.74. The molecule has 112 valence electrons. The van der Waals surface area contributed by atoms with Crippen molar-refractivity contribution < 1.29 is 13.2 Å². The Morgan fingerprint density at radius 1 is 1.24 bits per heavy atom. The van der Waals surface area contributed by atoms with E-state index in [1.807, 2.05) is 6.07 Å². The second-order valence-electron chi connectivity index (χ2n) is 5.80. The van der Waals surface area contributed by atoms with E-state index in [1.165, 1.54) is 12.1 Å². The summed E-state index contributed by atoms with van der Waals surface area (Å²) < 4.78 is 33.3. The van der Waals surface area contributed by atoms with Crippen LogP contribution in [0.15, 0.2) is 29.2 Å². The minimum atomic E-state index is -3.65. The molecule has 1 aromatic carbocycles. The van der Waals surface area contributed by atoms with E-state index < -0.39 is 10.0 Å². The van der Waals surface area contributed by atoms with E-state index in [1.54, 1.807) is 12.1 Å². The zero-order chi connectivity index (χ0) is 14.9. The van der Waals surface area contributed by atoms with Gasteiger partial charge in [0.15, 0.2) is 0 Å². The van der Waals surface area contributed by atoms with Crippen LogP contribution in [0.1, 0.15) is 31.2 Å². The summed E-state index contributed by atoms with van der Waals surface area (Å²) in [5.74, 6) is 0. The Balaban J connectivity index is 1.82. The van der Waals surface area contributed by atoms with E-state index in [4.69, 9.17) is 10.00 Å². The average Bonchev–Trinajstić information content (AvgIpc) is 2.52. The van der Waals surface area contributed by atoms with E-state index in [0.717, 1.165) is 25.7 Å². The summed E-state index contributed by atoms with van der Waals surface area (Å²) in [6.07, 6.45) is 3.71. The lowest BCUT2D eigenvalue weighted by Gasteiger charge is -2.51. The zero-order valence-electron chi connectivity index (χ0n) is 11.7. The summed E-state index contributed by atoms with van der Waals surface area (Å²) in [7, 11) is -3.65. The van der Waals surface area contributed by atoms with Gasteiger partial charge >= 0.3 is 0 Å². The largest absolute Gasteiger partial charge is 0.381 e. The quantitative estimate of drug-likeness (QED) is 0.923. The monoisotopic (exact) mass is 306 g/mol. The van der Waals surface area contributed by atoms with Gasteiger partial charge in [0, 0.05) is 19.3 Å². The van der Waals surface area contributed by atoms with Gasteiger partial charge in [-0.05, 0) is 43.2 Å². The van der Waals surface area contributed by atoms with E-state index in [0.29, 0.717) is 13.2 Å². The van der Waals surface area contributed by atoms with Crippen LogP contribution in [0.4, 0.5) is 0 Å². The molecule has 6 heteroatoms. The molecule has 2 aliphatic rings. The van der Waals surface area contributed by atoms with Gasteiger partial charge in [0.25, 0.3) is 0 Å². The first-order chi connectivity index (χ1) is 10.1. The van der Waals surface area contributed by atoms with Crippen molar-refractivity contribution in [3.05, 3.63) is 29.8 Å². The van der Waals surface area contributed by atoms with Gasteiger partial charge in [-0.2, -0.15) is 5.26 Å². The van der Waals surface area contributed by atoms with Crippen molar-refractivity contribution in [2.24, 2.45) is 5.41 Å². The first-order valence-electron chi connectivity index (χ1n) is 7.17. The van der Waals surface area contributed by atoms with Gasteiger partial charge < -0.3 is 4.74 Å². The fraction of sp³-hybridized carbons (Fsp3) is 0.533. The number of sulfonamides is 1. The Morgan fingerprint density at radius 3 is 2.57 bits per heavy atom. The van der Waals surface area contributed by atoms with Gasteiger partial charge in [0.05, 0.1) is 10.5 Å². The third-order valence-corrected chi connectivity index (χ3v) is 6.28. The van der Waals surface area contributed by atoms with Crippen LogP contribution < -0.4 is 4.72 Å². The van der Waals surface area contributed by atoms with Crippen LogP contribution in [-0.2, 0) is 14.8 Å². The highest BCUT2D eigenvalue weighted by Gasteiger charge is 2.49. The van der Waals surface area contributed by atoms with Crippen LogP contribution in [0.5, 0.6) is 0 Å². The molecule has 0 radical (unpaired) electrons. The third kappa shape index (κ3) is 2.57. The van der Waals surface area contributed by atoms with Crippen molar-refractivity contribution in [3.8, 4) is 6.07 Å². The van der Waals surface area contributed by atoms with Crippen LogP contribution in [0.3, 0.4) is 0 Å². The molecule has 1 unspecified atom stereocenters. The maximum atomic E-state index is 12.5. The van der Waals surface area contributed by atoms with Crippen LogP contribution in [-0.4, -0.2) is 27.7 Å². The number of benzene rings is 1. The second kappa shape index (κ2) is 5.41. The van der Waals surface area contributed by atoms with Gasteiger partial charge in [-0.3, -0.25) is 0 Å². The molecule has 1 aromatic rings. The Labute approximate surface area is 125 Å². The van der Waals surface area contributed by atoms with Gasteiger partial charge in [-0.25, -0.2) is 13.1 Å². The molecule has 1 aliphatic carbocycles. The first-order valence-corrected chi connectivity index (χ1v) is 8.65. The van der Waals surface area contributed by atoms with Gasteiger partial charge in [0.1, 0.15) is 6.07 Å². The molecule has 21 heavy (non-hydrogen) atoms. The lowest BCUT2D eigenvalue weighted by Crippen LogP contribution is -2.57. The van der Waals surface area contributed by atoms with Gasteiger partial charge in [0.2, 0.25) is 10.0 Å². The Bertz CT molecular complexity index is 672. The fourth-order valence-electron chi connectivity index (χ4n) is 3.30. The number of nitriles is 1. The number of hydrogen-bond donors (Lipinski definition) is 1. The molecule has 1 saturated heterocycles. The smallest absolute Gasteiger partial charge is 0.242 e. The molecule has 0 amide bonds. The van der Waals surface area contributed by atoms with Crippen molar-refractivity contribution in [2.45, 2.75) is 36.6 Å². The molecule has 5 nitrogen and oxygen atoms in total. The van der Waals surface area contributed by atoms with Crippen LogP contribution >= 0.6 is 0 Å². The van der Waals surface area contributed by atoms with Gasteiger partial charge in [-0.1, -0.05) is 12.1 Å². The van der Waals surface area contributed by atoms with Crippen molar-refractivity contribution in [2.75, 3.05) is 13.2 Å². The predicted octanol–water partition coefficient (Wildman–Crippen LogP) is 1.80. The maximum Gasteiger partial charge on any atom is 0.242 e. The predicted molar refractivity (Wildman–Crippen MR) is 77.0 cm³/mol. The van der Waals surface area contributed by atoms with E-state index in [9.17, 15) is 8.42 Å². The highest BCUT2D eigenvalue weighted by molar-refractivity contribution is 7.89. The molecule has 0 bridgehead atoms. The summed E-state index contributed by atoms with van der Waals surface area (Å²) in [6, 6.07) is 8.22. The van der Waals surface area contributed by atoms with Crippen LogP contribution in [0.2, 0.25) is 0 Å². The van der Waals surface area contributed by atoms with Crippen LogP contribution in [0, 0.1) is 16.7 Å². The van der Waals surface area contributed by atoms with Crippen molar-refractivity contribution in [1.82, 2.24) is 4.72 Å². The number of ether oxygens (including phenoxy) is 1. The summed E-state index contributed by atoms with van der Waals surface area (Å²) in [4.78, 5) is 0.0709. The minimum Gasteiger partial charge on any atom is -0.381 e. The number of nitrogens with one attached hydrogen (secondary N) is 1. The fourth-order valence-corrected chi connectivity index (χ4v) is 4.83. The van der Waals surface area contributed by atoms with E-state index >= 15 is 0 Å². The zero-order valence-corrected chi connectivity index (χ0v) is 12.5. The maximum absolute atomic E-state index is 12.5. The molecule has 2 fully saturated rings. The molecule has 1 saturated carbocycles. The third-order valence-electron chi connectivity index (χ3n) is 4.75. The molecule has 1 aliphatic heterocycles. The average molecular weight is 306 g/mol. The molecular weight excluding hydrogens is 288 g/mol. The molecule has 3 rings (SSSR count). The van der Waals surface area contributed by atoms with Crippen molar-refractivity contribution >= 4 is 10.0 Å². The molecule has 1 heterocycles. The van der Waals surface area contributed by atoms with Crippen LogP contribution in [0.25, 0.3) is 0 Å². The summed E-state index contributed by atoms with van der Waals surface area (Å²) in [6.45, 7) is 1.40. The van der Waals surface area contributed by atoms with E-state index in [2.05, 4.69) is 4.72 Å².